The fourth-order valence-electron chi connectivity index (χ4n) is 7.53. The quantitative estimate of drug-likeness (QED) is 0.112. The van der Waals surface area contributed by atoms with Crippen LogP contribution in [0.2, 0.25) is 0 Å². The van der Waals surface area contributed by atoms with Crippen molar-refractivity contribution in [1.82, 2.24) is 20.3 Å². The summed E-state index contributed by atoms with van der Waals surface area (Å²) in [7, 11) is 1.28. The van der Waals surface area contributed by atoms with Crippen LogP contribution in [-0.4, -0.2) is 52.7 Å². The fraction of sp³-hybridized carbons (Fsp3) is 0.333. The molecule has 1 saturated heterocycles. The lowest BCUT2D eigenvalue weighted by molar-refractivity contribution is -0.143. The van der Waals surface area contributed by atoms with Gasteiger partial charge in [-0.3, -0.25) is 19.2 Å². The summed E-state index contributed by atoms with van der Waals surface area (Å²) in [4.78, 5) is 63.3. The first-order chi connectivity index (χ1) is 23.6. The number of nitrogens with one attached hydrogen (secondary N) is 4. The Bertz CT molecular complexity index is 2130. The zero-order chi connectivity index (χ0) is 35.1. The molecule has 254 valence electrons. The zero-order valence-corrected chi connectivity index (χ0v) is 28.8. The molecule has 0 radical (unpaired) electrons. The maximum atomic E-state index is 14.2. The highest BCUT2D eigenvalue weighted by molar-refractivity contribution is 6.24. The van der Waals surface area contributed by atoms with E-state index in [-0.39, 0.29) is 36.6 Å². The van der Waals surface area contributed by atoms with Crippen LogP contribution in [0.5, 0.6) is 0 Å². The Morgan fingerprint density at radius 3 is 2.41 bits per heavy atom. The zero-order valence-electron chi connectivity index (χ0n) is 28.8. The summed E-state index contributed by atoms with van der Waals surface area (Å²) < 4.78 is 10.6. The lowest BCUT2D eigenvalue weighted by Gasteiger charge is -2.19. The van der Waals surface area contributed by atoms with Gasteiger partial charge in [0, 0.05) is 74.3 Å². The van der Waals surface area contributed by atoms with E-state index in [0.29, 0.717) is 57.5 Å². The summed E-state index contributed by atoms with van der Waals surface area (Å²) in [5.41, 5.74) is 9.33. The molecule has 1 fully saturated rings. The van der Waals surface area contributed by atoms with Gasteiger partial charge in [-0.15, -0.1) is 0 Å². The van der Waals surface area contributed by atoms with Gasteiger partial charge in [0.15, 0.2) is 12.1 Å². The lowest BCUT2D eigenvalue weighted by atomic mass is 9.85. The van der Waals surface area contributed by atoms with Gasteiger partial charge in [0.1, 0.15) is 12.5 Å². The van der Waals surface area contributed by atoms with E-state index in [1.165, 1.54) is 7.11 Å². The molecule has 0 amide bonds. The minimum absolute atomic E-state index is 0.123. The lowest BCUT2D eigenvalue weighted by Crippen LogP contribution is -2.25. The summed E-state index contributed by atoms with van der Waals surface area (Å²) >= 11 is 0. The number of rotatable bonds is 9. The largest absolute Gasteiger partial charge is 0.468 e. The van der Waals surface area contributed by atoms with Gasteiger partial charge in [0.25, 0.3) is 0 Å². The number of hydrogen-bond donors (Lipinski definition) is 4. The topological polar surface area (TPSA) is 146 Å². The van der Waals surface area contributed by atoms with E-state index < -0.39 is 11.9 Å². The number of hydrogen-bond acceptors (Lipinski definition) is 7. The molecule has 2 aliphatic heterocycles. The molecule has 49 heavy (non-hydrogen) atoms. The number of ether oxygens (including phenoxy) is 2. The van der Waals surface area contributed by atoms with Crippen molar-refractivity contribution < 1.29 is 28.7 Å². The van der Waals surface area contributed by atoms with Crippen LogP contribution < -0.4 is 16.0 Å². The first-order valence-corrected chi connectivity index (χ1v) is 16.7. The molecule has 3 aliphatic rings. The molecule has 10 heteroatoms. The van der Waals surface area contributed by atoms with Crippen LogP contribution >= 0.6 is 0 Å². The van der Waals surface area contributed by atoms with Crippen molar-refractivity contribution in [2.45, 2.75) is 53.9 Å². The molecule has 5 heterocycles. The van der Waals surface area contributed by atoms with Gasteiger partial charge < -0.3 is 29.7 Å². The number of Topliss-reactive ketones (excluding diaryl/α,β-unsaturated/α-hetero) is 1. The average Bonchev–Trinajstić information content (AvgIpc) is 3.84. The van der Waals surface area contributed by atoms with Crippen LogP contribution in [0.4, 0.5) is 0 Å². The Balaban J connectivity index is 1.66. The van der Waals surface area contributed by atoms with Gasteiger partial charge in [-0.1, -0.05) is 38.7 Å². The van der Waals surface area contributed by atoms with Crippen LogP contribution in [-0.2, 0) is 25.5 Å². The number of methoxy groups -OCH3 is 1. The molecule has 0 spiro atoms. The summed E-state index contributed by atoms with van der Waals surface area (Å²) in [6.07, 6.45) is 13.3. The number of aldehydes is 1. The average molecular weight is 663 g/mol. The Labute approximate surface area is 284 Å². The summed E-state index contributed by atoms with van der Waals surface area (Å²) in [5.74, 6) is -2.87. The number of carbonyl (C=O) groups excluding carboxylic acids is 4. The van der Waals surface area contributed by atoms with E-state index in [0.717, 1.165) is 45.4 Å². The van der Waals surface area contributed by atoms with Crippen molar-refractivity contribution in [3.8, 4) is 0 Å². The normalized spacial score (nSPS) is 23.3. The van der Waals surface area contributed by atoms with Gasteiger partial charge in [-0.2, -0.15) is 0 Å². The maximum Gasteiger partial charge on any atom is 0.321 e. The summed E-state index contributed by atoms with van der Waals surface area (Å²) in [6.45, 7) is 14.1. The predicted octanol–water partition coefficient (Wildman–Crippen LogP) is 4.77. The molecule has 3 atom stereocenters. The van der Waals surface area contributed by atoms with E-state index in [1.807, 2.05) is 52.0 Å². The second kappa shape index (κ2) is 13.3. The van der Waals surface area contributed by atoms with Crippen LogP contribution in [0, 0.1) is 31.6 Å². The van der Waals surface area contributed by atoms with Gasteiger partial charge in [-0.05, 0) is 68.5 Å². The van der Waals surface area contributed by atoms with Crippen molar-refractivity contribution in [1.29, 1.82) is 0 Å². The second-order valence-electron chi connectivity index (χ2n) is 12.8. The van der Waals surface area contributed by atoms with Crippen molar-refractivity contribution in [3.63, 3.8) is 0 Å². The minimum atomic E-state index is -1.18. The number of aromatic amines is 3. The smallest absolute Gasteiger partial charge is 0.321 e. The van der Waals surface area contributed by atoms with Gasteiger partial charge in [0.05, 0.1) is 18.2 Å². The molecule has 0 unspecified atom stereocenters. The van der Waals surface area contributed by atoms with E-state index in [4.69, 9.17) is 9.47 Å². The van der Waals surface area contributed by atoms with Gasteiger partial charge >= 0.3 is 11.9 Å². The highest BCUT2D eigenvalue weighted by Gasteiger charge is 2.48. The molecule has 6 rings (SSSR count). The van der Waals surface area contributed by atoms with Crippen LogP contribution in [0.3, 0.4) is 0 Å². The molecule has 3 aromatic heterocycles. The Hall–Kier alpha value is -5.38. The van der Waals surface area contributed by atoms with Crippen LogP contribution in [0.15, 0.2) is 30.1 Å². The van der Waals surface area contributed by atoms with E-state index in [9.17, 15) is 19.2 Å². The molecule has 0 saturated carbocycles. The van der Waals surface area contributed by atoms with E-state index in [1.54, 1.807) is 12.2 Å². The third-order valence-electron chi connectivity index (χ3n) is 10.2. The first kappa shape index (κ1) is 33.5. The van der Waals surface area contributed by atoms with E-state index >= 15 is 0 Å². The molecule has 1 aliphatic carbocycles. The van der Waals surface area contributed by atoms with E-state index in [2.05, 4.69) is 33.8 Å². The predicted molar refractivity (Wildman–Crippen MR) is 189 cm³/mol. The highest BCUT2D eigenvalue weighted by atomic mass is 16.5. The SMILES string of the molecule is C=Cc1c2[nH]c(c1C)/C=C1/N/C(=C3\c4[nH]c(c(C)c4C(=O)[C@@H]3C(=O)OC)/C=c3\[nH]/c(c(C=O)c3CC)=C\2)[C@@H](CCC(=O)OC/C=C\C)[C@@H]1C. The first-order valence-electron chi connectivity index (χ1n) is 16.7. The van der Waals surface area contributed by atoms with Crippen molar-refractivity contribution in [3.05, 3.63) is 97.0 Å². The molecule has 10 nitrogen and oxygen atoms in total. The number of allylic oxidation sites excluding steroid dienone is 3. The van der Waals surface area contributed by atoms with Crippen molar-refractivity contribution >= 4 is 53.9 Å². The minimum Gasteiger partial charge on any atom is -0.468 e. The van der Waals surface area contributed by atoms with Crippen molar-refractivity contribution in [2.24, 2.45) is 17.8 Å². The standard InChI is InChI=1S/C39H42N4O6/c1-8-11-14-49-32(45)13-12-24-20(5)27-15-26-19(4)22(9-2)29(40-26)17-31-25(18-44)23(10-3)30(41-31)16-28-21(6)33-37(43-28)34(36(24)42-27)35(38(33)46)39(47)48-7/h8-9,11,15-18,20,24,35,40-43H,2,10,12-14H2,1,3-7H3/b11-8-,27-15+,30-16-,31-17-,36-34-/t20-,24-,35+/m0/s1. The molecule has 8 bridgehead atoms. The van der Waals surface area contributed by atoms with Gasteiger partial charge in [-0.25, -0.2) is 0 Å². The summed E-state index contributed by atoms with van der Waals surface area (Å²) in [6, 6.07) is 0. The Morgan fingerprint density at radius 1 is 1.00 bits per heavy atom. The number of fused-ring (bicyclic) bond motifs is 7. The van der Waals surface area contributed by atoms with Crippen LogP contribution in [0.1, 0.15) is 99.4 Å². The summed E-state index contributed by atoms with van der Waals surface area (Å²) in [5, 5.41) is 5.01. The van der Waals surface area contributed by atoms with Gasteiger partial charge in [0.2, 0.25) is 0 Å². The Morgan fingerprint density at radius 2 is 1.73 bits per heavy atom. The highest BCUT2D eigenvalue weighted by Crippen LogP contribution is 2.48. The third kappa shape index (κ3) is 5.54. The van der Waals surface area contributed by atoms with Crippen LogP contribution in [0.25, 0.3) is 29.9 Å². The fourth-order valence-corrected chi connectivity index (χ4v) is 7.53. The second-order valence-corrected chi connectivity index (χ2v) is 12.8. The molecule has 0 aromatic carbocycles. The van der Waals surface area contributed by atoms with Crippen molar-refractivity contribution in [2.75, 3.05) is 13.7 Å². The number of ketones is 1. The number of H-pyrrole nitrogens is 3. The Kier molecular flexibility index (Phi) is 9.07. The molecule has 3 aromatic rings. The number of esters is 2. The molecular formula is C39H42N4O6. The molecule has 4 N–H and O–H groups in total. The number of aromatic nitrogens is 3. The maximum absolute atomic E-state index is 14.2. The molecular weight excluding hydrogens is 620 g/mol. The third-order valence-corrected chi connectivity index (χ3v) is 10.2. The number of carbonyl (C=O) groups is 4. The monoisotopic (exact) mass is 662 g/mol.